The minimum Gasteiger partial charge on any atom is -0.330 e. The van der Waals surface area contributed by atoms with Crippen LogP contribution in [0.3, 0.4) is 0 Å². The average Bonchev–Trinajstić information content (AvgIpc) is 2.67. The summed E-state index contributed by atoms with van der Waals surface area (Å²) in [5.41, 5.74) is 4.39. The van der Waals surface area contributed by atoms with Crippen LogP contribution in [0.2, 0.25) is 0 Å². The molecule has 2 heteroatoms. The molecule has 0 aromatic heterocycles. The van der Waals surface area contributed by atoms with Crippen molar-refractivity contribution in [1.82, 2.24) is 4.90 Å². The van der Waals surface area contributed by atoms with Gasteiger partial charge in [0.15, 0.2) is 0 Å². The van der Waals surface area contributed by atoms with Crippen molar-refractivity contribution in [2.45, 2.75) is 20.0 Å². The molecular weight excluding hydrogens is 222 g/mol. The Morgan fingerprint density at radius 3 is 2.67 bits per heavy atom. The lowest BCUT2D eigenvalue weighted by Crippen LogP contribution is -2.23. The van der Waals surface area contributed by atoms with E-state index in [1.807, 2.05) is 35.2 Å². The first-order valence-electron chi connectivity index (χ1n) is 6.17. The van der Waals surface area contributed by atoms with Crippen molar-refractivity contribution in [3.8, 4) is 0 Å². The molecule has 0 atom stereocenters. The molecule has 2 aromatic carbocycles. The summed E-state index contributed by atoms with van der Waals surface area (Å²) in [5, 5.41) is 0. The largest absolute Gasteiger partial charge is 0.330 e. The van der Waals surface area contributed by atoms with E-state index in [9.17, 15) is 4.79 Å². The minimum atomic E-state index is 0.147. The van der Waals surface area contributed by atoms with Crippen LogP contribution in [-0.4, -0.2) is 10.8 Å². The van der Waals surface area contributed by atoms with Gasteiger partial charge in [-0.1, -0.05) is 48.0 Å². The van der Waals surface area contributed by atoms with Gasteiger partial charge in [0.05, 0.1) is 0 Å². The van der Waals surface area contributed by atoms with E-state index in [0.29, 0.717) is 6.54 Å². The lowest BCUT2D eigenvalue weighted by Gasteiger charge is -2.15. The maximum absolute atomic E-state index is 12.2. The zero-order valence-electron chi connectivity index (χ0n) is 10.4. The number of fused-ring (bicyclic) bond motifs is 1. The molecule has 0 fully saturated rings. The Hall–Kier alpha value is -2.09. The van der Waals surface area contributed by atoms with Crippen molar-refractivity contribution in [3.05, 3.63) is 70.8 Å². The Morgan fingerprint density at radius 2 is 1.89 bits per heavy atom. The predicted octanol–water partition coefficient (Wildman–Crippen LogP) is 3.15. The summed E-state index contributed by atoms with van der Waals surface area (Å²) in [6.45, 7) is 3.47. The van der Waals surface area contributed by atoms with Crippen LogP contribution >= 0.6 is 0 Å². The third-order valence-electron chi connectivity index (χ3n) is 3.36. The van der Waals surface area contributed by atoms with Crippen LogP contribution < -0.4 is 0 Å². The maximum Gasteiger partial charge on any atom is 0.254 e. The highest BCUT2D eigenvalue weighted by Crippen LogP contribution is 2.25. The van der Waals surface area contributed by atoms with Crippen molar-refractivity contribution >= 4 is 5.91 Å². The molecule has 1 aliphatic rings. The van der Waals surface area contributed by atoms with E-state index in [0.717, 1.165) is 17.7 Å². The number of nitrogens with zero attached hydrogens (tertiary/aromatic N) is 1. The first-order valence-corrected chi connectivity index (χ1v) is 6.17. The fourth-order valence-electron chi connectivity index (χ4n) is 2.44. The molecule has 0 radical (unpaired) electrons. The third-order valence-corrected chi connectivity index (χ3v) is 3.36. The highest BCUT2D eigenvalue weighted by atomic mass is 16.2. The van der Waals surface area contributed by atoms with Gasteiger partial charge in [-0.05, 0) is 24.1 Å². The van der Waals surface area contributed by atoms with Gasteiger partial charge < -0.3 is 4.90 Å². The van der Waals surface area contributed by atoms with Gasteiger partial charge in [0.25, 0.3) is 5.91 Å². The Bertz CT molecular complexity index is 589. The third kappa shape index (κ3) is 1.90. The number of carbonyl (C=O) groups is 1. The fraction of sp³-hybridized carbons (Fsp3) is 0.188. The Kier molecular flexibility index (Phi) is 2.63. The molecule has 3 rings (SSSR count). The molecule has 90 valence electrons. The number of amides is 1. The molecule has 0 spiro atoms. The molecular formula is C16H15NO. The molecule has 1 aliphatic heterocycles. The Morgan fingerprint density at radius 1 is 1.11 bits per heavy atom. The fourth-order valence-corrected chi connectivity index (χ4v) is 2.44. The maximum atomic E-state index is 12.2. The second kappa shape index (κ2) is 4.30. The number of carbonyl (C=O) groups excluding carboxylic acids is 1. The number of aryl methyl sites for hydroxylation is 1. The molecule has 0 aliphatic carbocycles. The van der Waals surface area contributed by atoms with Crippen LogP contribution in [-0.2, 0) is 13.1 Å². The van der Waals surface area contributed by atoms with Gasteiger partial charge in [-0.3, -0.25) is 4.79 Å². The van der Waals surface area contributed by atoms with Crippen molar-refractivity contribution in [2.75, 3.05) is 0 Å². The molecule has 2 nitrogen and oxygen atoms in total. The highest BCUT2D eigenvalue weighted by Gasteiger charge is 2.26. The summed E-state index contributed by atoms with van der Waals surface area (Å²) in [5.74, 6) is 0.147. The van der Waals surface area contributed by atoms with E-state index in [1.165, 1.54) is 11.1 Å². The number of hydrogen-bond donors (Lipinski definition) is 0. The van der Waals surface area contributed by atoms with Crippen LogP contribution in [0.1, 0.15) is 27.0 Å². The summed E-state index contributed by atoms with van der Waals surface area (Å²) < 4.78 is 0. The quantitative estimate of drug-likeness (QED) is 0.785. The smallest absolute Gasteiger partial charge is 0.254 e. The molecule has 0 saturated heterocycles. The second-order valence-corrected chi connectivity index (χ2v) is 4.81. The van der Waals surface area contributed by atoms with Crippen molar-refractivity contribution in [1.29, 1.82) is 0 Å². The Labute approximate surface area is 107 Å². The molecule has 0 unspecified atom stereocenters. The summed E-state index contributed by atoms with van der Waals surface area (Å²) in [7, 11) is 0. The molecule has 1 amide bonds. The van der Waals surface area contributed by atoms with Crippen LogP contribution in [0.5, 0.6) is 0 Å². The van der Waals surface area contributed by atoms with Crippen molar-refractivity contribution in [2.24, 2.45) is 0 Å². The van der Waals surface area contributed by atoms with Gasteiger partial charge in [-0.2, -0.15) is 0 Å². The van der Waals surface area contributed by atoms with Gasteiger partial charge in [-0.25, -0.2) is 0 Å². The minimum absolute atomic E-state index is 0.147. The van der Waals surface area contributed by atoms with Gasteiger partial charge in [-0.15, -0.1) is 0 Å². The standard InChI is InChI=1S/C16H15NO/c1-12-7-8-15-14(9-12)11-17(16(15)18)10-13-5-3-2-4-6-13/h2-9H,10-11H2,1H3. The van der Waals surface area contributed by atoms with Crippen LogP contribution in [0.4, 0.5) is 0 Å². The van der Waals surface area contributed by atoms with E-state index >= 15 is 0 Å². The monoisotopic (exact) mass is 237 g/mol. The predicted molar refractivity (Wildman–Crippen MR) is 71.2 cm³/mol. The zero-order chi connectivity index (χ0) is 12.5. The summed E-state index contributed by atoms with van der Waals surface area (Å²) >= 11 is 0. The molecule has 2 aromatic rings. The SMILES string of the molecule is Cc1ccc2c(c1)CN(Cc1ccccc1)C2=O. The second-order valence-electron chi connectivity index (χ2n) is 4.81. The summed E-state index contributed by atoms with van der Waals surface area (Å²) in [6, 6.07) is 16.2. The van der Waals surface area contributed by atoms with Crippen LogP contribution in [0.25, 0.3) is 0 Å². The van der Waals surface area contributed by atoms with Crippen molar-refractivity contribution in [3.63, 3.8) is 0 Å². The number of rotatable bonds is 2. The van der Waals surface area contributed by atoms with Crippen LogP contribution in [0, 0.1) is 6.92 Å². The summed E-state index contributed by atoms with van der Waals surface area (Å²) in [4.78, 5) is 14.1. The topological polar surface area (TPSA) is 20.3 Å². The molecule has 0 N–H and O–H groups in total. The first kappa shape index (κ1) is 11.0. The Balaban J connectivity index is 1.84. The highest BCUT2D eigenvalue weighted by molar-refractivity contribution is 5.98. The average molecular weight is 237 g/mol. The van der Waals surface area contributed by atoms with Gasteiger partial charge in [0, 0.05) is 18.7 Å². The number of benzene rings is 2. The molecule has 18 heavy (non-hydrogen) atoms. The van der Waals surface area contributed by atoms with Crippen LogP contribution in [0.15, 0.2) is 48.5 Å². The van der Waals surface area contributed by atoms with Gasteiger partial charge >= 0.3 is 0 Å². The molecule has 1 heterocycles. The van der Waals surface area contributed by atoms with E-state index < -0.39 is 0 Å². The van der Waals surface area contributed by atoms with E-state index in [1.54, 1.807) is 0 Å². The normalized spacial score (nSPS) is 13.8. The number of hydrogen-bond acceptors (Lipinski definition) is 1. The van der Waals surface area contributed by atoms with Gasteiger partial charge in [0.1, 0.15) is 0 Å². The van der Waals surface area contributed by atoms with Gasteiger partial charge in [0.2, 0.25) is 0 Å². The van der Waals surface area contributed by atoms with E-state index in [-0.39, 0.29) is 5.91 Å². The van der Waals surface area contributed by atoms with E-state index in [2.05, 4.69) is 25.1 Å². The van der Waals surface area contributed by atoms with E-state index in [4.69, 9.17) is 0 Å². The zero-order valence-corrected chi connectivity index (χ0v) is 10.4. The molecule has 0 saturated carbocycles. The summed E-state index contributed by atoms with van der Waals surface area (Å²) in [6.07, 6.45) is 0. The molecule has 0 bridgehead atoms. The lowest BCUT2D eigenvalue weighted by atomic mass is 10.1. The lowest BCUT2D eigenvalue weighted by molar-refractivity contribution is 0.0766. The first-order chi connectivity index (χ1) is 8.74. The van der Waals surface area contributed by atoms with Crippen molar-refractivity contribution < 1.29 is 4.79 Å².